The lowest BCUT2D eigenvalue weighted by Crippen LogP contribution is -2.27. The van der Waals surface area contributed by atoms with E-state index >= 15 is 0 Å². The molecule has 0 radical (unpaired) electrons. The van der Waals surface area contributed by atoms with Crippen molar-refractivity contribution in [2.45, 2.75) is 26.3 Å². The number of aliphatic carboxylic acids is 1. The summed E-state index contributed by atoms with van der Waals surface area (Å²) in [5, 5.41) is 13.2. The second-order valence-corrected chi connectivity index (χ2v) is 6.07. The van der Waals surface area contributed by atoms with E-state index in [1.54, 1.807) is 11.4 Å². The van der Waals surface area contributed by atoms with E-state index < -0.39 is 5.97 Å². The summed E-state index contributed by atoms with van der Waals surface area (Å²) in [6.07, 6.45) is 3.57. The van der Waals surface area contributed by atoms with Crippen LogP contribution in [0.5, 0.6) is 0 Å². The molecule has 1 atom stereocenters. The average molecular weight is 265 g/mol. The fourth-order valence-electron chi connectivity index (χ4n) is 1.67. The third kappa shape index (κ3) is 2.98. The molecule has 1 saturated carbocycles. The Morgan fingerprint density at radius 2 is 2.22 bits per heavy atom. The third-order valence-electron chi connectivity index (χ3n) is 3.09. The molecule has 4 nitrogen and oxygen atoms in total. The third-order valence-corrected chi connectivity index (χ3v) is 3.99. The van der Waals surface area contributed by atoms with Gasteiger partial charge in [-0.05, 0) is 24.0 Å². The highest BCUT2D eigenvalue weighted by Gasteiger charge is 2.46. The van der Waals surface area contributed by atoms with Gasteiger partial charge in [0.2, 0.25) is 0 Å². The van der Waals surface area contributed by atoms with Crippen LogP contribution in [-0.4, -0.2) is 23.0 Å². The summed E-state index contributed by atoms with van der Waals surface area (Å²) < 4.78 is 0. The number of carbonyl (C=O) groups excluding carboxylic acids is 1. The molecule has 0 spiro atoms. The van der Waals surface area contributed by atoms with Crippen LogP contribution >= 0.6 is 11.3 Å². The minimum Gasteiger partial charge on any atom is -0.478 e. The van der Waals surface area contributed by atoms with Gasteiger partial charge in [0.1, 0.15) is 0 Å². The van der Waals surface area contributed by atoms with Crippen molar-refractivity contribution < 1.29 is 14.7 Å². The second-order valence-electron chi connectivity index (χ2n) is 5.13. The zero-order valence-electron chi connectivity index (χ0n) is 10.3. The van der Waals surface area contributed by atoms with E-state index in [0.29, 0.717) is 5.56 Å². The van der Waals surface area contributed by atoms with Gasteiger partial charge < -0.3 is 10.4 Å². The van der Waals surface area contributed by atoms with E-state index in [1.807, 2.05) is 0 Å². The normalized spacial score (nSPS) is 20.9. The number of rotatable bonds is 4. The Kier molecular flexibility index (Phi) is 3.26. The van der Waals surface area contributed by atoms with E-state index in [4.69, 9.17) is 5.11 Å². The van der Waals surface area contributed by atoms with Crippen molar-refractivity contribution in [1.29, 1.82) is 0 Å². The standard InChI is InChI=1S/C13H15NO3S/c1-13(2)6-10(13)14-12(17)8-5-9(18-7-8)3-4-11(15)16/h3-5,7,10H,6H2,1-2H3,(H,14,17)(H,15,16). The molecule has 1 aliphatic carbocycles. The molecule has 0 aliphatic heterocycles. The Morgan fingerprint density at radius 1 is 1.56 bits per heavy atom. The number of amides is 1. The van der Waals surface area contributed by atoms with Gasteiger partial charge in [-0.2, -0.15) is 0 Å². The maximum absolute atomic E-state index is 11.9. The maximum atomic E-state index is 11.9. The van der Waals surface area contributed by atoms with Gasteiger partial charge in [0.25, 0.3) is 5.91 Å². The van der Waals surface area contributed by atoms with Crippen molar-refractivity contribution in [1.82, 2.24) is 5.32 Å². The molecule has 2 N–H and O–H groups in total. The van der Waals surface area contributed by atoms with Crippen LogP contribution in [0, 0.1) is 5.41 Å². The van der Waals surface area contributed by atoms with Crippen LogP contribution in [0.25, 0.3) is 6.08 Å². The molecule has 1 aromatic heterocycles. The van der Waals surface area contributed by atoms with Crippen molar-refractivity contribution in [3.8, 4) is 0 Å². The molecule has 1 amide bonds. The number of carbonyl (C=O) groups is 2. The molecule has 1 fully saturated rings. The SMILES string of the molecule is CC1(C)CC1NC(=O)c1csc(C=CC(=O)O)c1. The maximum Gasteiger partial charge on any atom is 0.328 e. The van der Waals surface area contributed by atoms with Gasteiger partial charge in [-0.25, -0.2) is 4.79 Å². The van der Waals surface area contributed by atoms with Crippen LogP contribution < -0.4 is 5.32 Å². The number of nitrogens with one attached hydrogen (secondary N) is 1. The van der Waals surface area contributed by atoms with Crippen LogP contribution in [0.3, 0.4) is 0 Å². The van der Waals surface area contributed by atoms with E-state index in [0.717, 1.165) is 17.4 Å². The van der Waals surface area contributed by atoms with Crippen LogP contribution in [0.2, 0.25) is 0 Å². The average Bonchev–Trinajstić information content (AvgIpc) is 2.73. The van der Waals surface area contributed by atoms with Crippen LogP contribution in [0.15, 0.2) is 17.5 Å². The van der Waals surface area contributed by atoms with Gasteiger partial charge in [-0.15, -0.1) is 11.3 Å². The van der Waals surface area contributed by atoms with Crippen molar-refractivity contribution in [3.05, 3.63) is 28.0 Å². The van der Waals surface area contributed by atoms with Gasteiger partial charge in [0.15, 0.2) is 0 Å². The minimum absolute atomic E-state index is 0.0863. The highest BCUT2D eigenvalue weighted by atomic mass is 32.1. The summed E-state index contributed by atoms with van der Waals surface area (Å²) in [4.78, 5) is 23.0. The first kappa shape index (κ1) is 12.8. The highest BCUT2D eigenvalue weighted by Crippen LogP contribution is 2.44. The fraction of sp³-hybridized carbons (Fsp3) is 0.385. The van der Waals surface area contributed by atoms with Crippen LogP contribution in [-0.2, 0) is 4.79 Å². The van der Waals surface area contributed by atoms with Crippen LogP contribution in [0.4, 0.5) is 0 Å². The predicted molar refractivity (Wildman–Crippen MR) is 70.6 cm³/mol. The van der Waals surface area contributed by atoms with E-state index in [2.05, 4.69) is 19.2 Å². The quantitative estimate of drug-likeness (QED) is 0.821. The van der Waals surface area contributed by atoms with Gasteiger partial charge in [0.05, 0.1) is 5.56 Å². The first-order chi connectivity index (χ1) is 8.38. The molecule has 0 bridgehead atoms. The first-order valence-corrected chi connectivity index (χ1v) is 6.57. The number of carboxylic acids is 1. The monoisotopic (exact) mass is 265 g/mol. The van der Waals surface area contributed by atoms with Gasteiger partial charge >= 0.3 is 5.97 Å². The summed E-state index contributed by atoms with van der Waals surface area (Å²) in [5.74, 6) is -1.08. The van der Waals surface area contributed by atoms with Gasteiger partial charge in [-0.1, -0.05) is 13.8 Å². The Morgan fingerprint density at radius 3 is 2.78 bits per heavy atom. The second kappa shape index (κ2) is 4.57. The Bertz CT molecular complexity index is 516. The molecule has 1 aliphatic rings. The Balaban J connectivity index is 1.97. The molecular weight excluding hydrogens is 250 g/mol. The first-order valence-electron chi connectivity index (χ1n) is 5.69. The zero-order valence-corrected chi connectivity index (χ0v) is 11.1. The zero-order chi connectivity index (χ0) is 13.3. The summed E-state index contributed by atoms with van der Waals surface area (Å²) in [6.45, 7) is 4.24. The number of carboxylic acid groups (broad SMARTS) is 1. The largest absolute Gasteiger partial charge is 0.478 e. The Hall–Kier alpha value is -1.62. The van der Waals surface area contributed by atoms with Gasteiger partial charge in [0, 0.05) is 22.4 Å². The lowest BCUT2D eigenvalue weighted by Gasteiger charge is -2.04. The lowest BCUT2D eigenvalue weighted by molar-refractivity contribution is -0.131. The fourth-order valence-corrected chi connectivity index (χ4v) is 2.45. The lowest BCUT2D eigenvalue weighted by atomic mass is 10.2. The summed E-state index contributed by atoms with van der Waals surface area (Å²) >= 11 is 1.36. The summed E-state index contributed by atoms with van der Waals surface area (Å²) in [6, 6.07) is 1.96. The molecule has 18 heavy (non-hydrogen) atoms. The highest BCUT2D eigenvalue weighted by molar-refractivity contribution is 7.11. The topological polar surface area (TPSA) is 66.4 Å². The molecule has 1 aromatic rings. The molecule has 5 heteroatoms. The van der Waals surface area contributed by atoms with E-state index in [9.17, 15) is 9.59 Å². The molecule has 0 aromatic carbocycles. The molecule has 96 valence electrons. The number of hydrogen-bond donors (Lipinski definition) is 2. The van der Waals surface area contributed by atoms with E-state index in [-0.39, 0.29) is 17.4 Å². The van der Waals surface area contributed by atoms with Crippen molar-refractivity contribution in [3.63, 3.8) is 0 Å². The number of thiophene rings is 1. The molecule has 1 heterocycles. The van der Waals surface area contributed by atoms with Crippen molar-refractivity contribution in [2.24, 2.45) is 5.41 Å². The number of hydrogen-bond acceptors (Lipinski definition) is 3. The smallest absolute Gasteiger partial charge is 0.328 e. The van der Waals surface area contributed by atoms with Crippen molar-refractivity contribution >= 4 is 29.3 Å². The summed E-state index contributed by atoms with van der Waals surface area (Å²) in [5.41, 5.74) is 0.797. The van der Waals surface area contributed by atoms with Crippen LogP contribution in [0.1, 0.15) is 35.5 Å². The molecule has 0 saturated heterocycles. The van der Waals surface area contributed by atoms with E-state index in [1.165, 1.54) is 17.4 Å². The molecular formula is C13H15NO3S. The Labute approximate surface area is 109 Å². The molecule has 2 rings (SSSR count). The predicted octanol–water partition coefficient (Wildman–Crippen LogP) is 2.37. The van der Waals surface area contributed by atoms with Crippen molar-refractivity contribution in [2.75, 3.05) is 0 Å². The minimum atomic E-state index is -0.992. The van der Waals surface area contributed by atoms with Gasteiger partial charge in [-0.3, -0.25) is 4.79 Å². The summed E-state index contributed by atoms with van der Waals surface area (Å²) in [7, 11) is 0. The molecule has 1 unspecified atom stereocenters.